The summed E-state index contributed by atoms with van der Waals surface area (Å²) in [6.07, 6.45) is 8.28. The molecule has 0 aliphatic heterocycles. The maximum absolute atomic E-state index is 10.9. The lowest BCUT2D eigenvalue weighted by Crippen LogP contribution is -1.98. The Morgan fingerprint density at radius 3 is 2.67 bits per heavy atom. The molecule has 0 N–H and O–H groups in total. The lowest BCUT2D eigenvalue weighted by molar-refractivity contribution is -0.137. The van der Waals surface area contributed by atoms with E-state index in [-0.39, 0.29) is 5.97 Å². The van der Waals surface area contributed by atoms with Gasteiger partial charge in [-0.25, -0.2) is 0 Å². The molecule has 0 saturated carbocycles. The van der Waals surface area contributed by atoms with Gasteiger partial charge >= 0.3 is 5.97 Å². The average Bonchev–Trinajstić information content (AvgIpc) is 2.22. The van der Waals surface area contributed by atoms with Crippen molar-refractivity contribution >= 4 is 5.97 Å². The lowest BCUT2D eigenvalue weighted by atomic mass is 9.99. The molecule has 0 spiro atoms. The van der Waals surface area contributed by atoms with Crippen LogP contribution in [0.1, 0.15) is 47.0 Å². The second-order valence-corrected chi connectivity index (χ2v) is 3.92. The van der Waals surface area contributed by atoms with Crippen molar-refractivity contribution in [2.24, 2.45) is 5.92 Å². The summed E-state index contributed by atoms with van der Waals surface area (Å²) in [5.41, 5.74) is 1.12. The van der Waals surface area contributed by atoms with Crippen molar-refractivity contribution in [2.45, 2.75) is 47.0 Å². The highest BCUT2D eigenvalue weighted by atomic mass is 16.5. The third-order valence-corrected chi connectivity index (χ3v) is 2.12. The molecular weight excluding hydrogens is 188 g/mol. The molecule has 1 unspecified atom stereocenters. The van der Waals surface area contributed by atoms with Crippen molar-refractivity contribution in [1.29, 1.82) is 0 Å². The van der Waals surface area contributed by atoms with Gasteiger partial charge < -0.3 is 4.74 Å². The highest BCUT2D eigenvalue weighted by Gasteiger charge is 2.02. The summed E-state index contributed by atoms with van der Waals surface area (Å²) in [6.45, 7) is 8.01. The summed E-state index contributed by atoms with van der Waals surface area (Å²) < 4.78 is 4.94. The number of hydrogen-bond donors (Lipinski definition) is 0. The van der Waals surface area contributed by atoms with Crippen molar-refractivity contribution in [3.8, 4) is 0 Å². The Labute approximate surface area is 93.0 Å². The summed E-state index contributed by atoms with van der Waals surface area (Å²) in [6, 6.07) is 0. The molecule has 0 radical (unpaired) electrons. The van der Waals surface area contributed by atoms with Gasteiger partial charge in [-0.1, -0.05) is 26.0 Å². The van der Waals surface area contributed by atoms with E-state index < -0.39 is 0 Å². The van der Waals surface area contributed by atoms with Crippen LogP contribution in [0.4, 0.5) is 0 Å². The number of carbonyl (C=O) groups is 1. The second kappa shape index (κ2) is 8.27. The highest BCUT2D eigenvalue weighted by molar-refractivity contribution is 5.69. The molecule has 1 atom stereocenters. The normalized spacial score (nSPS) is 14.3. The number of esters is 1. The molecule has 0 rings (SSSR count). The zero-order chi connectivity index (χ0) is 11.7. The zero-order valence-corrected chi connectivity index (χ0v) is 10.2. The number of ether oxygens (including phenoxy) is 1. The molecule has 0 amide bonds. The van der Waals surface area contributed by atoms with Crippen LogP contribution in [0.2, 0.25) is 0 Å². The number of allylic oxidation sites excluding steroid dienone is 3. The van der Waals surface area contributed by atoms with Crippen LogP contribution in [0.15, 0.2) is 24.0 Å². The topological polar surface area (TPSA) is 26.3 Å². The number of carbonyl (C=O) groups excluding carboxylic acids is 1. The van der Waals surface area contributed by atoms with Crippen LogP contribution in [-0.2, 0) is 9.53 Å². The van der Waals surface area contributed by atoms with Gasteiger partial charge in [-0.05, 0) is 38.2 Å². The van der Waals surface area contributed by atoms with Crippen LogP contribution >= 0.6 is 0 Å². The largest absolute Gasteiger partial charge is 0.435 e. The lowest BCUT2D eigenvalue weighted by Gasteiger charge is -2.08. The summed E-state index contributed by atoms with van der Waals surface area (Å²) in [4.78, 5) is 10.9. The third kappa shape index (κ3) is 7.98. The Morgan fingerprint density at radius 1 is 1.47 bits per heavy atom. The van der Waals surface area contributed by atoms with Crippen LogP contribution in [0.5, 0.6) is 0 Å². The van der Waals surface area contributed by atoms with Gasteiger partial charge in [0.05, 0.1) is 6.26 Å². The molecule has 0 aromatic rings. The van der Waals surface area contributed by atoms with Crippen LogP contribution in [0, 0.1) is 5.92 Å². The fourth-order valence-electron chi connectivity index (χ4n) is 1.30. The van der Waals surface area contributed by atoms with E-state index in [1.165, 1.54) is 0 Å². The second-order valence-electron chi connectivity index (χ2n) is 3.92. The maximum atomic E-state index is 10.9. The van der Waals surface area contributed by atoms with Gasteiger partial charge in [0.2, 0.25) is 0 Å². The fraction of sp³-hybridized carbons (Fsp3) is 0.615. The Balaban J connectivity index is 3.89. The van der Waals surface area contributed by atoms with Gasteiger partial charge in [0, 0.05) is 6.42 Å². The van der Waals surface area contributed by atoms with Crippen LogP contribution in [0.25, 0.3) is 0 Å². The van der Waals surface area contributed by atoms with E-state index >= 15 is 0 Å². The minimum Gasteiger partial charge on any atom is -0.435 e. The summed E-state index contributed by atoms with van der Waals surface area (Å²) in [7, 11) is 0. The molecule has 2 heteroatoms. The Morgan fingerprint density at radius 2 is 2.13 bits per heavy atom. The minimum atomic E-state index is -0.171. The molecule has 0 bridgehead atoms. The predicted octanol–water partition coefficient (Wildman–Crippen LogP) is 3.84. The van der Waals surface area contributed by atoms with Gasteiger partial charge in [-0.2, -0.15) is 0 Å². The summed E-state index contributed by atoms with van der Waals surface area (Å²) >= 11 is 0. The first-order valence-corrected chi connectivity index (χ1v) is 5.56. The number of hydrogen-bond acceptors (Lipinski definition) is 2. The Hall–Kier alpha value is -1.05. The van der Waals surface area contributed by atoms with E-state index in [2.05, 4.69) is 19.1 Å². The van der Waals surface area contributed by atoms with Crippen molar-refractivity contribution in [1.82, 2.24) is 0 Å². The van der Waals surface area contributed by atoms with Gasteiger partial charge in [0.15, 0.2) is 0 Å². The van der Waals surface area contributed by atoms with Crippen LogP contribution < -0.4 is 0 Å². The van der Waals surface area contributed by atoms with Crippen molar-refractivity contribution in [3.05, 3.63) is 24.0 Å². The van der Waals surface area contributed by atoms with Crippen LogP contribution in [0.3, 0.4) is 0 Å². The van der Waals surface area contributed by atoms with Crippen molar-refractivity contribution in [3.63, 3.8) is 0 Å². The Kier molecular flexibility index (Phi) is 7.69. The van der Waals surface area contributed by atoms with E-state index in [0.717, 1.165) is 18.4 Å². The van der Waals surface area contributed by atoms with E-state index in [9.17, 15) is 4.79 Å². The average molecular weight is 210 g/mol. The third-order valence-electron chi connectivity index (χ3n) is 2.12. The van der Waals surface area contributed by atoms with Gasteiger partial charge in [0.25, 0.3) is 0 Å². The molecule has 0 aliphatic carbocycles. The van der Waals surface area contributed by atoms with Crippen LogP contribution in [-0.4, -0.2) is 5.97 Å². The van der Waals surface area contributed by atoms with Gasteiger partial charge in [0.1, 0.15) is 0 Å². The smallest absolute Gasteiger partial charge is 0.310 e. The van der Waals surface area contributed by atoms with Crippen molar-refractivity contribution in [2.75, 3.05) is 0 Å². The minimum absolute atomic E-state index is 0.171. The monoisotopic (exact) mass is 210 g/mol. The van der Waals surface area contributed by atoms with E-state index in [4.69, 9.17) is 4.74 Å². The first-order valence-electron chi connectivity index (χ1n) is 5.56. The van der Waals surface area contributed by atoms with Gasteiger partial charge in [-0.15, -0.1) is 0 Å². The first-order chi connectivity index (χ1) is 7.10. The maximum Gasteiger partial charge on any atom is 0.310 e. The molecule has 0 fully saturated rings. The molecule has 2 nitrogen and oxygen atoms in total. The first kappa shape index (κ1) is 13.9. The number of rotatable bonds is 6. The molecule has 0 aromatic carbocycles. The zero-order valence-electron chi connectivity index (χ0n) is 10.2. The van der Waals surface area contributed by atoms with E-state index in [1.807, 2.05) is 13.8 Å². The van der Waals surface area contributed by atoms with E-state index in [1.54, 1.807) is 13.2 Å². The molecule has 0 aromatic heterocycles. The molecule has 15 heavy (non-hydrogen) atoms. The SMILES string of the molecule is C/C=C/CC(C)C/C(C)=C/OC(=O)CC. The van der Waals surface area contributed by atoms with E-state index in [0.29, 0.717) is 12.3 Å². The molecular formula is C13H22O2. The fourth-order valence-corrected chi connectivity index (χ4v) is 1.30. The molecule has 86 valence electrons. The van der Waals surface area contributed by atoms with Gasteiger partial charge in [-0.3, -0.25) is 4.79 Å². The Bertz CT molecular complexity index is 239. The standard InChI is InChI=1S/C13H22O2/c1-5-7-8-11(3)9-12(4)10-15-13(14)6-2/h5,7,10-11H,6,8-9H2,1-4H3/b7-5+,12-10+. The molecule has 0 aliphatic rings. The predicted molar refractivity (Wildman–Crippen MR) is 63.4 cm³/mol. The summed E-state index contributed by atoms with van der Waals surface area (Å²) in [5.74, 6) is 0.424. The summed E-state index contributed by atoms with van der Waals surface area (Å²) in [5, 5.41) is 0. The van der Waals surface area contributed by atoms with Crippen molar-refractivity contribution < 1.29 is 9.53 Å². The molecule has 0 saturated heterocycles. The highest BCUT2D eigenvalue weighted by Crippen LogP contribution is 2.15. The quantitative estimate of drug-likeness (QED) is 0.378. The molecule has 0 heterocycles.